The number of pyridine rings is 1. The number of aromatic nitrogens is 1. The van der Waals surface area contributed by atoms with E-state index in [9.17, 15) is 0 Å². The molecule has 0 saturated carbocycles. The van der Waals surface area contributed by atoms with Crippen LogP contribution in [0.5, 0.6) is 5.75 Å². The third-order valence-corrected chi connectivity index (χ3v) is 4.89. The number of ether oxygens (including phenoxy) is 1. The van der Waals surface area contributed by atoms with Gasteiger partial charge in [-0.3, -0.25) is 0 Å². The summed E-state index contributed by atoms with van der Waals surface area (Å²) in [6, 6.07) is 20.8. The standard InChI is InChI=1S/C22H22N2O/c1-16-18(13-19-14-24-22-20(19)10-6-12-23-22)9-5-11-21(16)25-15-17-7-3-2-4-8-17/h2-12,19H,13-15H2,1H3,(H,23,24). The van der Waals surface area contributed by atoms with Crippen molar-refractivity contribution in [2.24, 2.45) is 0 Å². The first kappa shape index (κ1) is 15.7. The Hall–Kier alpha value is -2.81. The first-order valence-corrected chi connectivity index (χ1v) is 8.75. The highest BCUT2D eigenvalue weighted by molar-refractivity contribution is 5.52. The summed E-state index contributed by atoms with van der Waals surface area (Å²) < 4.78 is 6.07. The van der Waals surface area contributed by atoms with Gasteiger partial charge in [0.05, 0.1) is 0 Å². The average Bonchev–Trinajstić information content (AvgIpc) is 3.06. The fraction of sp³-hybridized carbons (Fsp3) is 0.227. The van der Waals surface area contributed by atoms with Crippen LogP contribution in [0.15, 0.2) is 66.9 Å². The van der Waals surface area contributed by atoms with E-state index in [2.05, 4.69) is 53.6 Å². The van der Waals surface area contributed by atoms with Crippen LogP contribution >= 0.6 is 0 Å². The Morgan fingerprint density at radius 1 is 1.04 bits per heavy atom. The van der Waals surface area contributed by atoms with Crippen molar-refractivity contribution >= 4 is 5.82 Å². The lowest BCUT2D eigenvalue weighted by molar-refractivity contribution is 0.303. The lowest BCUT2D eigenvalue weighted by Crippen LogP contribution is -2.07. The molecule has 1 aromatic heterocycles. The first-order valence-electron chi connectivity index (χ1n) is 8.75. The van der Waals surface area contributed by atoms with Crippen molar-refractivity contribution in [3.63, 3.8) is 0 Å². The molecule has 2 aromatic carbocycles. The van der Waals surface area contributed by atoms with Crippen molar-refractivity contribution in [2.75, 3.05) is 11.9 Å². The fourth-order valence-corrected chi connectivity index (χ4v) is 3.45. The summed E-state index contributed by atoms with van der Waals surface area (Å²) in [5.41, 5.74) is 5.08. The van der Waals surface area contributed by atoms with E-state index in [1.165, 1.54) is 22.3 Å². The van der Waals surface area contributed by atoms with Crippen LogP contribution in [-0.4, -0.2) is 11.5 Å². The number of hydrogen-bond donors (Lipinski definition) is 1. The summed E-state index contributed by atoms with van der Waals surface area (Å²) in [7, 11) is 0. The quantitative estimate of drug-likeness (QED) is 0.735. The second kappa shape index (κ2) is 6.98. The molecule has 1 unspecified atom stereocenters. The van der Waals surface area contributed by atoms with E-state index in [0.717, 1.165) is 24.5 Å². The zero-order valence-corrected chi connectivity index (χ0v) is 14.4. The molecule has 3 heteroatoms. The third kappa shape index (κ3) is 3.36. The van der Waals surface area contributed by atoms with E-state index in [-0.39, 0.29) is 0 Å². The number of rotatable bonds is 5. The Labute approximate surface area is 148 Å². The number of fused-ring (bicyclic) bond motifs is 1. The van der Waals surface area contributed by atoms with Gasteiger partial charge in [0.2, 0.25) is 0 Å². The second-order valence-corrected chi connectivity index (χ2v) is 6.54. The lowest BCUT2D eigenvalue weighted by Gasteiger charge is -2.16. The number of nitrogens with zero attached hydrogens (tertiary/aromatic N) is 1. The largest absolute Gasteiger partial charge is 0.489 e. The van der Waals surface area contributed by atoms with Crippen molar-refractivity contribution < 1.29 is 4.74 Å². The Morgan fingerprint density at radius 2 is 1.92 bits per heavy atom. The normalized spacial score (nSPS) is 15.5. The third-order valence-electron chi connectivity index (χ3n) is 4.89. The van der Waals surface area contributed by atoms with Gasteiger partial charge in [0.1, 0.15) is 18.2 Å². The van der Waals surface area contributed by atoms with Gasteiger partial charge in [0.25, 0.3) is 0 Å². The van der Waals surface area contributed by atoms with Crippen LogP contribution in [-0.2, 0) is 13.0 Å². The predicted octanol–water partition coefficient (Wildman–Crippen LogP) is 4.72. The van der Waals surface area contributed by atoms with Crippen LogP contribution in [0.4, 0.5) is 5.82 Å². The molecule has 0 saturated heterocycles. The molecule has 4 rings (SSSR count). The maximum absolute atomic E-state index is 6.07. The molecule has 1 aliphatic rings. The molecule has 0 fully saturated rings. The number of benzene rings is 2. The zero-order chi connectivity index (χ0) is 17.1. The van der Waals surface area contributed by atoms with Crippen molar-refractivity contribution in [1.29, 1.82) is 0 Å². The van der Waals surface area contributed by atoms with Crippen LogP contribution in [0.3, 0.4) is 0 Å². The summed E-state index contributed by atoms with van der Waals surface area (Å²) >= 11 is 0. The SMILES string of the molecule is Cc1c(CC2CNc3ncccc32)cccc1OCc1ccccc1. The number of anilines is 1. The molecular formula is C22H22N2O. The predicted molar refractivity (Wildman–Crippen MR) is 101 cm³/mol. The number of nitrogens with one attached hydrogen (secondary N) is 1. The smallest absolute Gasteiger partial charge is 0.129 e. The highest BCUT2D eigenvalue weighted by atomic mass is 16.5. The van der Waals surface area contributed by atoms with Crippen molar-refractivity contribution in [3.8, 4) is 5.75 Å². The van der Waals surface area contributed by atoms with E-state index in [1.807, 2.05) is 30.5 Å². The molecule has 0 spiro atoms. The maximum atomic E-state index is 6.07. The minimum Gasteiger partial charge on any atom is -0.489 e. The van der Waals surface area contributed by atoms with Crippen LogP contribution in [0.25, 0.3) is 0 Å². The molecule has 3 nitrogen and oxygen atoms in total. The molecule has 2 heterocycles. The molecule has 0 amide bonds. The molecule has 1 aliphatic heterocycles. The lowest BCUT2D eigenvalue weighted by atomic mass is 9.92. The van der Waals surface area contributed by atoms with E-state index in [1.54, 1.807) is 0 Å². The van der Waals surface area contributed by atoms with Gasteiger partial charge in [-0.1, -0.05) is 48.5 Å². The topological polar surface area (TPSA) is 34.2 Å². The summed E-state index contributed by atoms with van der Waals surface area (Å²) in [5, 5.41) is 3.41. The summed E-state index contributed by atoms with van der Waals surface area (Å²) in [5.74, 6) is 2.46. The van der Waals surface area contributed by atoms with Gasteiger partial charge < -0.3 is 10.1 Å². The molecule has 126 valence electrons. The van der Waals surface area contributed by atoms with Crippen LogP contribution in [0.2, 0.25) is 0 Å². The highest BCUT2D eigenvalue weighted by Crippen LogP contribution is 2.34. The van der Waals surface area contributed by atoms with Crippen molar-refractivity contribution in [2.45, 2.75) is 25.9 Å². The number of hydrogen-bond acceptors (Lipinski definition) is 3. The molecule has 1 N–H and O–H groups in total. The van der Waals surface area contributed by atoms with Crippen molar-refractivity contribution in [1.82, 2.24) is 4.98 Å². The van der Waals surface area contributed by atoms with Crippen LogP contribution in [0, 0.1) is 6.92 Å². The van der Waals surface area contributed by atoms with Crippen LogP contribution < -0.4 is 10.1 Å². The van der Waals surface area contributed by atoms with Gasteiger partial charge in [-0.05, 0) is 47.7 Å². The van der Waals surface area contributed by atoms with Gasteiger partial charge in [-0.2, -0.15) is 0 Å². The second-order valence-electron chi connectivity index (χ2n) is 6.54. The van der Waals surface area contributed by atoms with E-state index in [0.29, 0.717) is 12.5 Å². The minimum absolute atomic E-state index is 0.465. The monoisotopic (exact) mass is 330 g/mol. The molecule has 3 aromatic rings. The molecule has 0 bridgehead atoms. The molecule has 0 aliphatic carbocycles. The fourth-order valence-electron chi connectivity index (χ4n) is 3.45. The van der Waals surface area contributed by atoms with Gasteiger partial charge in [-0.25, -0.2) is 4.98 Å². The molecule has 25 heavy (non-hydrogen) atoms. The van der Waals surface area contributed by atoms with E-state index >= 15 is 0 Å². The van der Waals surface area contributed by atoms with Gasteiger partial charge in [0.15, 0.2) is 0 Å². The van der Waals surface area contributed by atoms with Gasteiger partial charge in [0, 0.05) is 18.7 Å². The highest BCUT2D eigenvalue weighted by Gasteiger charge is 2.23. The Balaban J connectivity index is 1.50. The maximum Gasteiger partial charge on any atom is 0.129 e. The first-order chi connectivity index (χ1) is 12.3. The van der Waals surface area contributed by atoms with Gasteiger partial charge >= 0.3 is 0 Å². The van der Waals surface area contributed by atoms with E-state index in [4.69, 9.17) is 4.74 Å². The Bertz CT molecular complexity index is 861. The average molecular weight is 330 g/mol. The molecule has 1 atom stereocenters. The summed E-state index contributed by atoms with van der Waals surface area (Å²) in [6.45, 7) is 3.70. The Morgan fingerprint density at radius 3 is 2.80 bits per heavy atom. The zero-order valence-electron chi connectivity index (χ0n) is 14.4. The molecule has 0 radical (unpaired) electrons. The molecular weight excluding hydrogens is 308 g/mol. The summed E-state index contributed by atoms with van der Waals surface area (Å²) in [6.07, 6.45) is 2.84. The van der Waals surface area contributed by atoms with Gasteiger partial charge in [-0.15, -0.1) is 0 Å². The van der Waals surface area contributed by atoms with Crippen molar-refractivity contribution in [3.05, 3.63) is 89.1 Å². The van der Waals surface area contributed by atoms with Crippen LogP contribution in [0.1, 0.15) is 28.2 Å². The summed E-state index contributed by atoms with van der Waals surface area (Å²) in [4.78, 5) is 4.42. The minimum atomic E-state index is 0.465. The Kier molecular flexibility index (Phi) is 4.38. The van der Waals surface area contributed by atoms with E-state index < -0.39 is 0 Å².